The molecule has 106 valence electrons. The predicted molar refractivity (Wildman–Crippen MR) is 85.3 cm³/mol. The van der Waals surface area contributed by atoms with E-state index in [0.29, 0.717) is 11.1 Å². The van der Waals surface area contributed by atoms with Gasteiger partial charge in [-0.2, -0.15) is 0 Å². The van der Waals surface area contributed by atoms with Crippen LogP contribution < -0.4 is 0 Å². The molecule has 2 rings (SSSR count). The zero-order valence-corrected chi connectivity index (χ0v) is 13.0. The lowest BCUT2D eigenvalue weighted by Crippen LogP contribution is -2.01. The molecule has 0 spiro atoms. The van der Waals surface area contributed by atoms with Gasteiger partial charge in [-0.1, -0.05) is 46.3 Å². The van der Waals surface area contributed by atoms with Gasteiger partial charge in [0.05, 0.1) is 12.7 Å². The van der Waals surface area contributed by atoms with Crippen LogP contribution in [0.3, 0.4) is 0 Å². The molecule has 21 heavy (non-hydrogen) atoms. The summed E-state index contributed by atoms with van der Waals surface area (Å²) in [6.45, 7) is 0. The number of halogens is 1. The minimum atomic E-state index is -0.411. The van der Waals surface area contributed by atoms with Crippen molar-refractivity contribution in [3.8, 4) is 0 Å². The molecule has 0 N–H and O–H groups in total. The predicted octanol–water partition coefficient (Wildman–Crippen LogP) is 4.13. The highest BCUT2D eigenvalue weighted by molar-refractivity contribution is 9.10. The number of esters is 1. The number of carbonyl (C=O) groups is 2. The number of methoxy groups -OCH3 is 1. The van der Waals surface area contributed by atoms with Crippen LogP contribution in [0, 0.1) is 0 Å². The van der Waals surface area contributed by atoms with Crippen LogP contribution in [-0.4, -0.2) is 18.9 Å². The van der Waals surface area contributed by atoms with Crippen molar-refractivity contribution in [1.29, 1.82) is 0 Å². The molecule has 0 aliphatic carbocycles. The Morgan fingerprint density at radius 2 is 1.76 bits per heavy atom. The maximum atomic E-state index is 12.0. The Labute approximate surface area is 131 Å². The Kier molecular flexibility index (Phi) is 5.06. The van der Waals surface area contributed by atoms with Gasteiger partial charge >= 0.3 is 5.97 Å². The van der Waals surface area contributed by atoms with Crippen LogP contribution in [0.25, 0.3) is 6.08 Å². The van der Waals surface area contributed by atoms with E-state index in [4.69, 9.17) is 0 Å². The van der Waals surface area contributed by atoms with Crippen LogP contribution in [0.15, 0.2) is 59.1 Å². The second kappa shape index (κ2) is 6.99. The highest BCUT2D eigenvalue weighted by Gasteiger charge is 2.07. The van der Waals surface area contributed by atoms with Crippen LogP contribution in [0.1, 0.15) is 26.3 Å². The maximum Gasteiger partial charge on any atom is 0.337 e. The standard InChI is InChI=1S/C17H13BrO3/c1-21-17(20)14-7-9-15(18)13(11-14)8-10-16(19)12-5-3-2-4-6-12/h2-11H,1H3/b10-8+. The molecule has 3 nitrogen and oxygen atoms in total. The van der Waals surface area contributed by atoms with E-state index in [-0.39, 0.29) is 5.78 Å². The van der Waals surface area contributed by atoms with E-state index in [9.17, 15) is 9.59 Å². The van der Waals surface area contributed by atoms with Gasteiger partial charge in [-0.15, -0.1) is 0 Å². The fraction of sp³-hybridized carbons (Fsp3) is 0.0588. The summed E-state index contributed by atoms with van der Waals surface area (Å²) >= 11 is 3.39. The number of ether oxygens (including phenoxy) is 1. The summed E-state index contributed by atoms with van der Waals surface area (Å²) in [5.74, 6) is -0.502. The average molecular weight is 345 g/mol. The van der Waals surface area contributed by atoms with Gasteiger partial charge in [0.1, 0.15) is 0 Å². The molecule has 0 radical (unpaired) electrons. The van der Waals surface area contributed by atoms with Gasteiger partial charge in [-0.25, -0.2) is 4.79 Å². The number of benzene rings is 2. The summed E-state index contributed by atoms with van der Waals surface area (Å²) in [5, 5.41) is 0. The highest BCUT2D eigenvalue weighted by atomic mass is 79.9. The van der Waals surface area contributed by atoms with Crippen molar-refractivity contribution in [2.45, 2.75) is 0 Å². The lowest BCUT2D eigenvalue weighted by atomic mass is 10.1. The fourth-order valence-electron chi connectivity index (χ4n) is 1.78. The molecule has 0 amide bonds. The molecule has 0 saturated carbocycles. The average Bonchev–Trinajstić information content (AvgIpc) is 2.53. The number of hydrogen-bond donors (Lipinski definition) is 0. The fourth-order valence-corrected chi connectivity index (χ4v) is 2.16. The number of carbonyl (C=O) groups excluding carboxylic acids is 2. The Hall–Kier alpha value is -2.20. The molecule has 0 fully saturated rings. The molecular formula is C17H13BrO3. The van der Waals surface area contributed by atoms with Gasteiger partial charge in [0.15, 0.2) is 5.78 Å². The first kappa shape index (κ1) is 15.2. The minimum Gasteiger partial charge on any atom is -0.465 e. The number of allylic oxidation sites excluding steroid dienone is 1. The van der Waals surface area contributed by atoms with Crippen LogP contribution in [0.4, 0.5) is 0 Å². The molecule has 0 heterocycles. The Balaban J connectivity index is 2.24. The quantitative estimate of drug-likeness (QED) is 0.475. The molecule has 0 atom stereocenters. The molecule has 0 aliphatic rings. The Bertz CT molecular complexity index is 690. The molecule has 0 unspecified atom stereocenters. The first-order valence-corrected chi connectivity index (χ1v) is 7.06. The van der Waals surface area contributed by atoms with E-state index in [1.165, 1.54) is 13.2 Å². The Morgan fingerprint density at radius 1 is 1.05 bits per heavy atom. The third kappa shape index (κ3) is 3.89. The molecule has 0 aliphatic heterocycles. The van der Waals surface area contributed by atoms with Gasteiger partial charge in [-0.05, 0) is 35.9 Å². The van der Waals surface area contributed by atoms with E-state index in [1.807, 2.05) is 18.2 Å². The molecule has 0 bridgehead atoms. The van der Waals surface area contributed by atoms with E-state index >= 15 is 0 Å². The lowest BCUT2D eigenvalue weighted by Gasteiger charge is -2.03. The van der Waals surface area contributed by atoms with E-state index in [1.54, 1.807) is 36.4 Å². The van der Waals surface area contributed by atoms with Crippen molar-refractivity contribution in [3.63, 3.8) is 0 Å². The summed E-state index contributed by atoms with van der Waals surface area (Å²) in [5.41, 5.74) is 1.80. The summed E-state index contributed by atoms with van der Waals surface area (Å²) in [6, 6.07) is 14.1. The van der Waals surface area contributed by atoms with Crippen molar-refractivity contribution in [1.82, 2.24) is 0 Å². The van der Waals surface area contributed by atoms with Crippen LogP contribution in [0.5, 0.6) is 0 Å². The number of rotatable bonds is 4. The van der Waals surface area contributed by atoms with E-state index in [2.05, 4.69) is 20.7 Å². The van der Waals surface area contributed by atoms with E-state index in [0.717, 1.165) is 10.0 Å². The minimum absolute atomic E-state index is 0.0917. The van der Waals surface area contributed by atoms with Crippen molar-refractivity contribution >= 4 is 33.8 Å². The second-order valence-corrected chi connectivity index (χ2v) is 5.15. The molecule has 4 heteroatoms. The zero-order chi connectivity index (χ0) is 15.2. The molecule has 0 aromatic heterocycles. The lowest BCUT2D eigenvalue weighted by molar-refractivity contribution is 0.0600. The van der Waals surface area contributed by atoms with Gasteiger partial charge in [0.25, 0.3) is 0 Å². The van der Waals surface area contributed by atoms with Gasteiger partial charge in [0, 0.05) is 10.0 Å². The third-order valence-electron chi connectivity index (χ3n) is 2.89. The monoisotopic (exact) mass is 344 g/mol. The molecule has 2 aromatic rings. The van der Waals surface area contributed by atoms with Crippen molar-refractivity contribution < 1.29 is 14.3 Å². The summed E-state index contributed by atoms with van der Waals surface area (Å²) < 4.78 is 5.48. The largest absolute Gasteiger partial charge is 0.465 e. The topological polar surface area (TPSA) is 43.4 Å². The smallest absolute Gasteiger partial charge is 0.337 e. The van der Waals surface area contributed by atoms with Gasteiger partial charge in [-0.3, -0.25) is 4.79 Å². The SMILES string of the molecule is COC(=O)c1ccc(Br)c(/C=C/C(=O)c2ccccc2)c1. The third-order valence-corrected chi connectivity index (χ3v) is 3.61. The van der Waals surface area contributed by atoms with Crippen LogP contribution in [0.2, 0.25) is 0 Å². The van der Waals surface area contributed by atoms with Crippen LogP contribution >= 0.6 is 15.9 Å². The van der Waals surface area contributed by atoms with Crippen LogP contribution in [-0.2, 0) is 4.74 Å². The highest BCUT2D eigenvalue weighted by Crippen LogP contribution is 2.20. The first-order chi connectivity index (χ1) is 10.1. The van der Waals surface area contributed by atoms with Gasteiger partial charge < -0.3 is 4.74 Å². The number of ketones is 1. The Morgan fingerprint density at radius 3 is 2.43 bits per heavy atom. The van der Waals surface area contributed by atoms with Crippen molar-refractivity contribution in [3.05, 3.63) is 75.8 Å². The first-order valence-electron chi connectivity index (χ1n) is 6.27. The number of hydrogen-bond acceptors (Lipinski definition) is 3. The van der Waals surface area contributed by atoms with Crippen molar-refractivity contribution in [2.75, 3.05) is 7.11 Å². The van der Waals surface area contributed by atoms with Crippen molar-refractivity contribution in [2.24, 2.45) is 0 Å². The second-order valence-electron chi connectivity index (χ2n) is 4.29. The normalized spacial score (nSPS) is 10.6. The molecule has 2 aromatic carbocycles. The zero-order valence-electron chi connectivity index (χ0n) is 11.4. The molecular weight excluding hydrogens is 332 g/mol. The molecule has 0 saturated heterocycles. The maximum absolute atomic E-state index is 12.0. The summed E-state index contributed by atoms with van der Waals surface area (Å²) in [7, 11) is 1.33. The van der Waals surface area contributed by atoms with Gasteiger partial charge in [0.2, 0.25) is 0 Å². The van der Waals surface area contributed by atoms with E-state index < -0.39 is 5.97 Å². The summed E-state index contributed by atoms with van der Waals surface area (Å²) in [6.07, 6.45) is 3.16. The summed E-state index contributed by atoms with van der Waals surface area (Å²) in [4.78, 5) is 23.5.